The molecule has 0 unspecified atom stereocenters. The summed E-state index contributed by atoms with van der Waals surface area (Å²) in [4.78, 5) is 12.5. The van der Waals surface area contributed by atoms with Crippen LogP contribution in [0.2, 0.25) is 0 Å². The minimum Gasteiger partial charge on any atom is -0.387 e. The molecule has 26 heavy (non-hydrogen) atoms. The van der Waals surface area contributed by atoms with Crippen LogP contribution in [0.4, 0.5) is 5.69 Å². The van der Waals surface area contributed by atoms with Gasteiger partial charge in [0.25, 0.3) is 5.91 Å². The maximum absolute atomic E-state index is 12.5. The Morgan fingerprint density at radius 1 is 1.23 bits per heavy atom. The first-order chi connectivity index (χ1) is 12.0. The Hall–Kier alpha value is -2.32. The average Bonchev–Trinajstić information content (AvgIpc) is 2.47. The van der Waals surface area contributed by atoms with Crippen molar-refractivity contribution in [2.45, 2.75) is 71.5 Å². The molecule has 1 fully saturated rings. The molecule has 1 amide bonds. The molecule has 1 aliphatic heterocycles. The molecule has 1 aromatic rings. The first kappa shape index (κ1) is 20.0. The van der Waals surface area contributed by atoms with Crippen molar-refractivity contribution in [3.8, 4) is 6.07 Å². The Morgan fingerprint density at radius 3 is 2.38 bits per heavy atom. The third-order valence-corrected chi connectivity index (χ3v) is 4.65. The topological polar surface area (TPSA) is 77.0 Å². The zero-order valence-corrected chi connectivity index (χ0v) is 16.7. The minimum absolute atomic E-state index is 0.00132. The first-order valence-electron chi connectivity index (χ1n) is 9.06. The highest BCUT2D eigenvalue weighted by molar-refractivity contribution is 6.06. The van der Waals surface area contributed by atoms with Crippen molar-refractivity contribution in [1.29, 1.82) is 5.26 Å². The number of rotatable bonds is 4. The highest BCUT2D eigenvalue weighted by Crippen LogP contribution is 2.28. The standard InChI is InChI=1S/C21H30N4O/c1-14-7-8-18(15(2)9-14)24-19(26)16(12-22)13-23-17-10-20(3,4)25-21(5,6)11-17/h7-9,13,17,23,25H,10-11H2,1-6H3,(H,24,26)/b16-13-. The Balaban J connectivity index is 2.07. The van der Waals surface area contributed by atoms with Crippen molar-refractivity contribution in [2.24, 2.45) is 0 Å². The monoisotopic (exact) mass is 354 g/mol. The highest BCUT2D eigenvalue weighted by atomic mass is 16.1. The molecule has 0 atom stereocenters. The zero-order valence-electron chi connectivity index (χ0n) is 16.7. The van der Waals surface area contributed by atoms with Crippen molar-refractivity contribution >= 4 is 11.6 Å². The van der Waals surface area contributed by atoms with Crippen LogP contribution in [0.25, 0.3) is 0 Å². The van der Waals surface area contributed by atoms with Gasteiger partial charge in [-0.05, 0) is 66.0 Å². The number of amides is 1. The van der Waals surface area contributed by atoms with Crippen LogP contribution in [0.5, 0.6) is 0 Å². The summed E-state index contributed by atoms with van der Waals surface area (Å²) in [6, 6.07) is 8.02. The lowest BCUT2D eigenvalue weighted by Gasteiger charge is -2.46. The number of carbonyl (C=O) groups excluding carboxylic acids is 1. The maximum Gasteiger partial charge on any atom is 0.267 e. The number of aryl methyl sites for hydroxylation is 2. The van der Waals surface area contributed by atoms with Gasteiger partial charge in [-0.1, -0.05) is 17.7 Å². The molecule has 5 heteroatoms. The van der Waals surface area contributed by atoms with Crippen LogP contribution in [0.15, 0.2) is 30.0 Å². The second-order valence-corrected chi connectivity index (χ2v) is 8.61. The van der Waals surface area contributed by atoms with E-state index in [-0.39, 0.29) is 28.6 Å². The molecule has 1 aromatic carbocycles. The number of nitrogens with zero attached hydrogens (tertiary/aromatic N) is 1. The molecular weight excluding hydrogens is 324 g/mol. The second kappa shape index (κ2) is 7.51. The molecule has 3 N–H and O–H groups in total. The van der Waals surface area contributed by atoms with Crippen LogP contribution in [-0.2, 0) is 4.79 Å². The van der Waals surface area contributed by atoms with Crippen molar-refractivity contribution < 1.29 is 4.79 Å². The molecule has 0 saturated carbocycles. The average molecular weight is 354 g/mol. The predicted molar refractivity (Wildman–Crippen MR) is 106 cm³/mol. The molecule has 0 radical (unpaired) electrons. The second-order valence-electron chi connectivity index (χ2n) is 8.61. The molecule has 0 spiro atoms. The summed E-state index contributed by atoms with van der Waals surface area (Å²) in [6.45, 7) is 12.6. The lowest BCUT2D eigenvalue weighted by Crippen LogP contribution is -2.61. The SMILES string of the molecule is Cc1ccc(NC(=O)/C(C#N)=C\NC2CC(C)(C)NC(C)(C)C2)c(C)c1. The van der Waals surface area contributed by atoms with Crippen molar-refractivity contribution in [1.82, 2.24) is 10.6 Å². The van der Waals surface area contributed by atoms with E-state index >= 15 is 0 Å². The van der Waals surface area contributed by atoms with Gasteiger partial charge in [-0.15, -0.1) is 0 Å². The van der Waals surface area contributed by atoms with E-state index < -0.39 is 0 Å². The molecule has 5 nitrogen and oxygen atoms in total. The van der Waals surface area contributed by atoms with E-state index in [0.29, 0.717) is 0 Å². The fraction of sp³-hybridized carbons (Fsp3) is 0.524. The molecule has 140 valence electrons. The van der Waals surface area contributed by atoms with Gasteiger partial charge in [-0.25, -0.2) is 0 Å². The van der Waals surface area contributed by atoms with Crippen LogP contribution in [0.1, 0.15) is 51.7 Å². The van der Waals surface area contributed by atoms with Crippen LogP contribution >= 0.6 is 0 Å². The quantitative estimate of drug-likeness (QED) is 0.571. The smallest absolute Gasteiger partial charge is 0.267 e. The van der Waals surface area contributed by atoms with Crippen LogP contribution in [0.3, 0.4) is 0 Å². The van der Waals surface area contributed by atoms with Crippen LogP contribution < -0.4 is 16.0 Å². The number of nitriles is 1. The molecule has 1 aliphatic rings. The number of nitrogens with one attached hydrogen (secondary N) is 3. The van der Waals surface area contributed by atoms with Gasteiger partial charge in [0.1, 0.15) is 11.6 Å². The van der Waals surface area contributed by atoms with E-state index in [1.54, 1.807) is 6.20 Å². The zero-order chi connectivity index (χ0) is 19.5. The lowest BCUT2D eigenvalue weighted by atomic mass is 9.80. The molecule has 0 aromatic heterocycles. The molecule has 1 heterocycles. The largest absolute Gasteiger partial charge is 0.387 e. The number of anilines is 1. The van der Waals surface area contributed by atoms with E-state index in [2.05, 4.69) is 43.6 Å². The predicted octanol–water partition coefficient (Wildman–Crippen LogP) is 3.55. The minimum atomic E-state index is -0.389. The van der Waals surface area contributed by atoms with E-state index in [1.165, 1.54) is 0 Å². The third kappa shape index (κ3) is 5.34. The fourth-order valence-electron chi connectivity index (χ4n) is 3.93. The van der Waals surface area contributed by atoms with Gasteiger partial charge in [0.05, 0.1) is 0 Å². The molecule has 0 bridgehead atoms. The van der Waals surface area contributed by atoms with E-state index in [4.69, 9.17) is 0 Å². The van der Waals surface area contributed by atoms with E-state index in [1.807, 2.05) is 38.1 Å². The Kier molecular flexibility index (Phi) is 5.77. The summed E-state index contributed by atoms with van der Waals surface area (Å²) in [5.74, 6) is -0.389. The fourth-order valence-corrected chi connectivity index (χ4v) is 3.93. The Morgan fingerprint density at radius 2 is 1.85 bits per heavy atom. The summed E-state index contributed by atoms with van der Waals surface area (Å²) in [5.41, 5.74) is 2.92. The summed E-state index contributed by atoms with van der Waals surface area (Å²) >= 11 is 0. The maximum atomic E-state index is 12.5. The van der Waals surface area contributed by atoms with Crippen molar-refractivity contribution in [2.75, 3.05) is 5.32 Å². The Labute approximate surface area is 156 Å². The van der Waals surface area contributed by atoms with Crippen LogP contribution in [0, 0.1) is 25.2 Å². The van der Waals surface area contributed by atoms with Gasteiger partial charge in [0, 0.05) is 29.0 Å². The summed E-state index contributed by atoms with van der Waals surface area (Å²) in [5, 5.41) is 19.1. The molecule has 0 aliphatic carbocycles. The molecular formula is C21H30N4O. The van der Waals surface area contributed by atoms with E-state index in [0.717, 1.165) is 29.7 Å². The van der Waals surface area contributed by atoms with Gasteiger partial charge < -0.3 is 16.0 Å². The number of hydrogen-bond acceptors (Lipinski definition) is 4. The van der Waals surface area contributed by atoms with Gasteiger partial charge >= 0.3 is 0 Å². The van der Waals surface area contributed by atoms with Gasteiger partial charge in [-0.2, -0.15) is 5.26 Å². The summed E-state index contributed by atoms with van der Waals surface area (Å²) < 4.78 is 0. The van der Waals surface area contributed by atoms with Gasteiger partial charge in [-0.3, -0.25) is 4.79 Å². The lowest BCUT2D eigenvalue weighted by molar-refractivity contribution is -0.112. The van der Waals surface area contributed by atoms with Crippen LogP contribution in [-0.4, -0.2) is 23.0 Å². The number of piperidine rings is 1. The number of benzene rings is 1. The number of hydrogen-bond donors (Lipinski definition) is 3. The van der Waals surface area contributed by atoms with Crippen molar-refractivity contribution in [3.05, 3.63) is 41.1 Å². The normalized spacial score (nSPS) is 19.5. The third-order valence-electron chi connectivity index (χ3n) is 4.65. The van der Waals surface area contributed by atoms with Crippen molar-refractivity contribution in [3.63, 3.8) is 0 Å². The highest BCUT2D eigenvalue weighted by Gasteiger charge is 2.37. The summed E-state index contributed by atoms with van der Waals surface area (Å²) in [7, 11) is 0. The Bertz CT molecular complexity index is 740. The van der Waals surface area contributed by atoms with Gasteiger partial charge in [0.2, 0.25) is 0 Å². The number of carbonyl (C=O) groups is 1. The van der Waals surface area contributed by atoms with E-state index in [9.17, 15) is 10.1 Å². The van der Waals surface area contributed by atoms with Gasteiger partial charge in [0.15, 0.2) is 0 Å². The first-order valence-corrected chi connectivity index (χ1v) is 9.06. The molecule has 2 rings (SSSR count). The summed E-state index contributed by atoms with van der Waals surface area (Å²) in [6.07, 6.45) is 3.40. The molecule has 1 saturated heterocycles.